The van der Waals surface area contributed by atoms with Gasteiger partial charge in [-0.05, 0) is 6.42 Å². The summed E-state index contributed by atoms with van der Waals surface area (Å²) in [6.07, 6.45) is -2.24. The highest BCUT2D eigenvalue weighted by Crippen LogP contribution is 2.24. The Morgan fingerprint density at radius 3 is 2.58 bits per heavy atom. The Labute approximate surface area is 115 Å². The fourth-order valence-electron chi connectivity index (χ4n) is 1.64. The fourth-order valence-corrected chi connectivity index (χ4v) is 2.61. The van der Waals surface area contributed by atoms with Gasteiger partial charge in [-0.1, -0.05) is 13.8 Å². The minimum atomic E-state index is -4.22. The third-order valence-corrected chi connectivity index (χ3v) is 3.76. The quantitative estimate of drug-likeness (QED) is 0.840. The van der Waals surface area contributed by atoms with Gasteiger partial charge >= 0.3 is 6.18 Å². The van der Waals surface area contributed by atoms with E-state index in [4.69, 9.17) is 5.11 Å². The van der Waals surface area contributed by atoms with Crippen LogP contribution in [-0.2, 0) is 6.54 Å². The van der Waals surface area contributed by atoms with Gasteiger partial charge in [0.2, 0.25) is 0 Å². The molecular formula is C12H19F3N2OS. The van der Waals surface area contributed by atoms with Gasteiger partial charge in [-0.15, -0.1) is 11.3 Å². The second kappa shape index (κ2) is 7.21. The molecule has 110 valence electrons. The molecule has 1 heterocycles. The Balaban J connectivity index is 2.64. The van der Waals surface area contributed by atoms with Crippen LogP contribution in [0.5, 0.6) is 0 Å². The number of alkyl halides is 3. The molecule has 0 bridgehead atoms. The van der Waals surface area contributed by atoms with E-state index in [0.717, 1.165) is 9.88 Å². The lowest BCUT2D eigenvalue weighted by molar-refractivity contribution is -0.147. The minimum absolute atomic E-state index is 0.103. The van der Waals surface area contributed by atoms with Crippen molar-refractivity contribution in [2.75, 3.05) is 19.7 Å². The van der Waals surface area contributed by atoms with Gasteiger partial charge in [0.05, 0.1) is 11.6 Å². The molecule has 0 aliphatic heterocycles. The first-order chi connectivity index (χ1) is 8.81. The lowest BCUT2D eigenvalue weighted by Crippen LogP contribution is -2.34. The van der Waals surface area contributed by atoms with Gasteiger partial charge in [0.25, 0.3) is 0 Å². The highest BCUT2D eigenvalue weighted by Gasteiger charge is 2.30. The number of hydrogen-bond acceptors (Lipinski definition) is 4. The summed E-state index contributed by atoms with van der Waals surface area (Å²) in [5.41, 5.74) is 0. The third kappa shape index (κ3) is 6.35. The first-order valence-electron chi connectivity index (χ1n) is 6.16. The smallest absolute Gasteiger partial charge is 0.396 e. The van der Waals surface area contributed by atoms with Crippen LogP contribution in [0.2, 0.25) is 0 Å². The summed E-state index contributed by atoms with van der Waals surface area (Å²) >= 11 is 1.45. The predicted octanol–water partition coefficient (Wildman–Crippen LogP) is 3.01. The summed E-state index contributed by atoms with van der Waals surface area (Å²) in [7, 11) is 0. The Morgan fingerprint density at radius 1 is 1.42 bits per heavy atom. The van der Waals surface area contributed by atoms with Gasteiger partial charge in [-0.2, -0.15) is 13.2 Å². The average Bonchev–Trinajstić information content (AvgIpc) is 2.72. The first-order valence-corrected chi connectivity index (χ1v) is 6.98. The molecule has 1 N–H and O–H groups in total. The van der Waals surface area contributed by atoms with Crippen molar-refractivity contribution >= 4 is 11.3 Å². The normalized spacial score (nSPS) is 12.6. The van der Waals surface area contributed by atoms with E-state index in [-0.39, 0.29) is 25.6 Å². The molecular weight excluding hydrogens is 277 g/mol. The van der Waals surface area contributed by atoms with Gasteiger partial charge in [-0.3, -0.25) is 4.90 Å². The van der Waals surface area contributed by atoms with E-state index in [1.54, 1.807) is 6.20 Å². The van der Waals surface area contributed by atoms with Gasteiger partial charge in [0.1, 0.15) is 0 Å². The van der Waals surface area contributed by atoms with Crippen LogP contribution >= 0.6 is 11.3 Å². The van der Waals surface area contributed by atoms with E-state index >= 15 is 0 Å². The van der Waals surface area contributed by atoms with Gasteiger partial charge in [-0.25, -0.2) is 4.98 Å². The molecule has 1 rings (SSSR count). The Hall–Kier alpha value is -0.660. The molecule has 0 aliphatic carbocycles. The molecule has 3 nitrogen and oxygen atoms in total. The molecule has 0 amide bonds. The number of hydrogen-bond donors (Lipinski definition) is 1. The van der Waals surface area contributed by atoms with E-state index in [2.05, 4.69) is 4.98 Å². The number of thiazole rings is 1. The van der Waals surface area contributed by atoms with E-state index in [1.165, 1.54) is 16.2 Å². The molecule has 0 unspecified atom stereocenters. The highest BCUT2D eigenvalue weighted by atomic mass is 32.1. The molecule has 19 heavy (non-hydrogen) atoms. The molecule has 0 aliphatic rings. The highest BCUT2D eigenvalue weighted by molar-refractivity contribution is 7.11. The molecule has 1 aromatic rings. The van der Waals surface area contributed by atoms with Crippen molar-refractivity contribution in [2.45, 2.75) is 38.9 Å². The van der Waals surface area contributed by atoms with Crippen molar-refractivity contribution in [1.82, 2.24) is 9.88 Å². The maximum absolute atomic E-state index is 12.5. The SMILES string of the molecule is CC(C)c1ncc(CN(CCCO)CC(F)(F)F)s1. The van der Waals surface area contributed by atoms with Crippen molar-refractivity contribution in [2.24, 2.45) is 0 Å². The number of rotatable bonds is 7. The maximum atomic E-state index is 12.5. The summed E-state index contributed by atoms with van der Waals surface area (Å²) in [5, 5.41) is 9.67. The van der Waals surface area contributed by atoms with Crippen molar-refractivity contribution in [3.8, 4) is 0 Å². The maximum Gasteiger partial charge on any atom is 0.401 e. The lowest BCUT2D eigenvalue weighted by atomic mass is 10.2. The minimum Gasteiger partial charge on any atom is -0.396 e. The lowest BCUT2D eigenvalue weighted by Gasteiger charge is -2.22. The molecule has 1 aromatic heterocycles. The summed E-state index contributed by atoms with van der Waals surface area (Å²) in [5.74, 6) is 0.284. The van der Waals surface area contributed by atoms with E-state index in [1.807, 2.05) is 13.8 Å². The monoisotopic (exact) mass is 296 g/mol. The summed E-state index contributed by atoms with van der Waals surface area (Å²) in [6, 6.07) is 0. The number of aromatic nitrogens is 1. The third-order valence-electron chi connectivity index (χ3n) is 2.48. The van der Waals surface area contributed by atoms with Crippen molar-refractivity contribution in [3.63, 3.8) is 0 Å². The molecule has 0 saturated heterocycles. The standard InChI is InChI=1S/C12H19F3N2OS/c1-9(2)11-16-6-10(19-11)7-17(4-3-5-18)8-12(13,14)15/h6,9,18H,3-5,7-8H2,1-2H3. The Kier molecular flexibility index (Phi) is 6.22. The van der Waals surface area contributed by atoms with Crippen LogP contribution in [-0.4, -0.2) is 40.9 Å². The van der Waals surface area contributed by atoms with Crippen LogP contribution in [0.4, 0.5) is 13.2 Å². The molecule has 0 aromatic carbocycles. The number of nitrogens with zero attached hydrogens (tertiary/aromatic N) is 2. The Bertz CT molecular complexity index is 379. The number of halogens is 3. The molecule has 0 saturated carbocycles. The molecule has 0 atom stereocenters. The Morgan fingerprint density at radius 2 is 2.11 bits per heavy atom. The first kappa shape index (κ1) is 16.4. The topological polar surface area (TPSA) is 36.4 Å². The zero-order valence-corrected chi connectivity index (χ0v) is 11.9. The van der Waals surface area contributed by atoms with Crippen LogP contribution in [0, 0.1) is 0 Å². The zero-order chi connectivity index (χ0) is 14.5. The largest absolute Gasteiger partial charge is 0.401 e. The molecule has 7 heteroatoms. The van der Waals surface area contributed by atoms with Gasteiger partial charge in [0.15, 0.2) is 0 Å². The van der Waals surface area contributed by atoms with Crippen LogP contribution in [0.3, 0.4) is 0 Å². The van der Waals surface area contributed by atoms with E-state index < -0.39 is 12.7 Å². The zero-order valence-electron chi connectivity index (χ0n) is 11.1. The summed E-state index contributed by atoms with van der Waals surface area (Å²) < 4.78 is 37.4. The second-order valence-corrected chi connectivity index (χ2v) is 5.87. The average molecular weight is 296 g/mol. The van der Waals surface area contributed by atoms with Crippen molar-refractivity contribution in [3.05, 3.63) is 16.1 Å². The van der Waals surface area contributed by atoms with Crippen LogP contribution in [0.15, 0.2) is 6.20 Å². The van der Waals surface area contributed by atoms with E-state index in [0.29, 0.717) is 6.42 Å². The summed E-state index contributed by atoms with van der Waals surface area (Å²) in [4.78, 5) is 6.33. The number of aliphatic hydroxyl groups is 1. The second-order valence-electron chi connectivity index (χ2n) is 4.72. The van der Waals surface area contributed by atoms with Gasteiger partial charge < -0.3 is 5.11 Å². The molecule has 0 spiro atoms. The van der Waals surface area contributed by atoms with Crippen molar-refractivity contribution < 1.29 is 18.3 Å². The van der Waals surface area contributed by atoms with Crippen LogP contribution in [0.25, 0.3) is 0 Å². The van der Waals surface area contributed by atoms with E-state index in [9.17, 15) is 13.2 Å². The van der Waals surface area contributed by atoms with Crippen LogP contribution in [0.1, 0.15) is 36.1 Å². The molecule has 0 fully saturated rings. The fraction of sp³-hybridized carbons (Fsp3) is 0.750. The summed E-state index contributed by atoms with van der Waals surface area (Å²) in [6.45, 7) is 3.40. The predicted molar refractivity (Wildman–Crippen MR) is 69.2 cm³/mol. The molecule has 0 radical (unpaired) electrons. The van der Waals surface area contributed by atoms with Gasteiger partial charge in [0, 0.05) is 36.7 Å². The van der Waals surface area contributed by atoms with Crippen LogP contribution < -0.4 is 0 Å². The van der Waals surface area contributed by atoms with Crippen molar-refractivity contribution in [1.29, 1.82) is 0 Å². The number of aliphatic hydroxyl groups excluding tert-OH is 1.